The minimum absolute atomic E-state index is 0.0663. The number of anilines is 1. The van der Waals surface area contributed by atoms with Crippen molar-refractivity contribution in [2.24, 2.45) is 17.1 Å². The molecule has 0 spiro atoms. The van der Waals surface area contributed by atoms with Gasteiger partial charge in [-0.2, -0.15) is 4.31 Å². The molecule has 0 aliphatic carbocycles. The number of nitrogens with zero attached hydrogens (tertiary/aromatic N) is 2. The first-order valence-electron chi connectivity index (χ1n) is 14.4. The largest absolute Gasteiger partial charge is 0.530 e. The van der Waals surface area contributed by atoms with Gasteiger partial charge in [-0.25, -0.2) is 8.42 Å². The third-order valence-corrected chi connectivity index (χ3v) is 10.0. The van der Waals surface area contributed by atoms with Crippen LogP contribution in [-0.4, -0.2) is 93.2 Å². The van der Waals surface area contributed by atoms with Crippen molar-refractivity contribution < 1.29 is 32.9 Å². The van der Waals surface area contributed by atoms with Gasteiger partial charge in [-0.15, -0.1) is 0 Å². The first-order chi connectivity index (χ1) is 20.0. The normalized spacial score (nSPS) is 22.1. The second kappa shape index (κ2) is 13.7. The maximum atomic E-state index is 14.1. The van der Waals surface area contributed by atoms with Crippen LogP contribution in [0.3, 0.4) is 0 Å². The van der Waals surface area contributed by atoms with Gasteiger partial charge in [-0.3, -0.25) is 0 Å². The van der Waals surface area contributed by atoms with Crippen molar-refractivity contribution in [2.45, 2.75) is 62.5 Å². The lowest BCUT2D eigenvalue weighted by molar-refractivity contribution is -0.273. The van der Waals surface area contributed by atoms with Crippen LogP contribution in [0.15, 0.2) is 59.5 Å². The van der Waals surface area contributed by atoms with Gasteiger partial charge in [0.25, 0.3) is 0 Å². The summed E-state index contributed by atoms with van der Waals surface area (Å²) in [5, 5.41) is 27.6. The van der Waals surface area contributed by atoms with Gasteiger partial charge >= 0.3 is 0 Å². The molecular weight excluding hydrogens is 560 g/mol. The zero-order valence-electron chi connectivity index (χ0n) is 24.5. The molecule has 5 atom stereocenters. The number of carboxylic acid groups (broad SMARTS) is 1. The number of benzene rings is 2. The number of nitrogens with one attached hydrogen (secondary N) is 1. The molecule has 0 aromatic heterocycles. The molecule has 2 saturated heterocycles. The predicted molar refractivity (Wildman–Crippen MR) is 157 cm³/mol. The molecule has 2 aromatic rings. The summed E-state index contributed by atoms with van der Waals surface area (Å²) in [5.41, 5.74) is 6.75. The molecule has 4 N–H and O–H groups in total. The van der Waals surface area contributed by atoms with Gasteiger partial charge in [0.2, 0.25) is 10.0 Å². The highest BCUT2D eigenvalue weighted by Gasteiger charge is 2.47. The van der Waals surface area contributed by atoms with E-state index in [9.17, 15) is 23.4 Å². The summed E-state index contributed by atoms with van der Waals surface area (Å²) in [6.07, 6.45) is -2.04. The summed E-state index contributed by atoms with van der Waals surface area (Å²) in [4.78, 5) is 14.0. The number of sulfonamides is 1. The van der Waals surface area contributed by atoms with Crippen molar-refractivity contribution in [1.82, 2.24) is 9.21 Å². The average Bonchev–Trinajstić information content (AvgIpc) is 3.57. The van der Waals surface area contributed by atoms with Crippen molar-refractivity contribution in [3.63, 3.8) is 0 Å². The molecule has 232 valence electrons. The number of nitrogens with two attached hydrogens (primary N) is 1. The Kier molecular flexibility index (Phi) is 10.5. The van der Waals surface area contributed by atoms with E-state index < -0.39 is 46.0 Å². The summed E-state index contributed by atoms with van der Waals surface area (Å²) in [6.45, 7) is 4.49. The topological polar surface area (TPSA) is 157 Å². The van der Waals surface area contributed by atoms with Crippen LogP contribution < -0.4 is 16.2 Å². The first-order valence-corrected chi connectivity index (χ1v) is 15.8. The third kappa shape index (κ3) is 7.42. The Labute approximate surface area is 248 Å². The van der Waals surface area contributed by atoms with Crippen LogP contribution in [0.1, 0.15) is 32.3 Å². The molecule has 2 aliphatic heterocycles. The fourth-order valence-corrected chi connectivity index (χ4v) is 7.70. The lowest BCUT2D eigenvalue weighted by Crippen LogP contribution is -2.61. The van der Waals surface area contributed by atoms with Crippen LogP contribution in [0.4, 0.5) is 10.5 Å². The molecule has 0 bridgehead atoms. The summed E-state index contributed by atoms with van der Waals surface area (Å²) in [5.74, 6) is -0.207. The molecule has 2 fully saturated rings. The minimum atomic E-state index is -4.10. The Morgan fingerprint density at radius 2 is 1.93 bits per heavy atom. The fraction of sp³-hybridized carbons (Fsp3) is 0.567. The number of rotatable bonds is 14. The van der Waals surface area contributed by atoms with Crippen molar-refractivity contribution in [3.05, 3.63) is 60.2 Å². The van der Waals surface area contributed by atoms with Gasteiger partial charge in [0.1, 0.15) is 6.09 Å². The molecule has 11 nitrogen and oxygen atoms in total. The Bertz CT molecular complexity index is 1290. The maximum absolute atomic E-state index is 14.1. The summed E-state index contributed by atoms with van der Waals surface area (Å²) in [7, 11) is -2.40. The Morgan fingerprint density at radius 1 is 1.19 bits per heavy atom. The number of carbonyl (C=O) groups is 1. The number of hydrogen-bond donors (Lipinski definition) is 3. The number of amides is 1. The summed E-state index contributed by atoms with van der Waals surface area (Å²) < 4.78 is 40.8. The molecule has 4 rings (SSSR count). The van der Waals surface area contributed by atoms with Crippen LogP contribution in [0.2, 0.25) is 0 Å². The molecule has 0 unspecified atom stereocenters. The van der Waals surface area contributed by atoms with Gasteiger partial charge in [0, 0.05) is 31.7 Å². The molecule has 42 heavy (non-hydrogen) atoms. The van der Waals surface area contributed by atoms with Gasteiger partial charge in [-0.05, 0) is 55.0 Å². The number of hydrogen-bond acceptors (Lipinski definition) is 9. The van der Waals surface area contributed by atoms with E-state index in [0.29, 0.717) is 31.7 Å². The molecule has 0 radical (unpaired) electrons. The number of carbonyl (C=O) groups excluding carboxylic acids is 1. The standard InChI is InChI=1S/C30H44N4O7S/c1-30(2,13-14-31)20-33(42(38,39)23-11-7-10-22(17-23)32-3)18-27(35)25(16-21-8-5-4-6-9-21)34(29(36)37)26-19-41-28-24(26)12-15-40-28/h4-11,17,24-28,32,35H,12-16,18-20,31H2,1-3H3,(H,36,37)/p-1/t24-,25-,26-,27+,28+/m0/s1. The van der Waals surface area contributed by atoms with Crippen LogP contribution in [-0.2, 0) is 25.9 Å². The Morgan fingerprint density at radius 3 is 2.60 bits per heavy atom. The van der Waals surface area contributed by atoms with E-state index >= 15 is 0 Å². The monoisotopic (exact) mass is 603 g/mol. The number of ether oxygens (including phenoxy) is 2. The highest BCUT2D eigenvalue weighted by Crippen LogP contribution is 2.36. The van der Waals surface area contributed by atoms with Crippen LogP contribution in [0.25, 0.3) is 0 Å². The van der Waals surface area contributed by atoms with Crippen molar-refractivity contribution in [2.75, 3.05) is 45.2 Å². The molecule has 0 saturated carbocycles. The number of aliphatic hydroxyl groups excluding tert-OH is 1. The van der Waals surface area contributed by atoms with Gasteiger partial charge in [-0.1, -0.05) is 50.2 Å². The second-order valence-electron chi connectivity index (χ2n) is 11.9. The van der Waals surface area contributed by atoms with E-state index in [4.69, 9.17) is 15.2 Å². The average molecular weight is 604 g/mol. The number of fused-ring (bicyclic) bond motifs is 1. The van der Waals surface area contributed by atoms with Crippen molar-refractivity contribution >= 4 is 21.8 Å². The summed E-state index contributed by atoms with van der Waals surface area (Å²) in [6, 6.07) is 14.1. The number of aliphatic hydroxyl groups is 1. The van der Waals surface area contributed by atoms with E-state index in [1.54, 1.807) is 19.2 Å². The van der Waals surface area contributed by atoms with E-state index in [2.05, 4.69) is 5.32 Å². The van der Waals surface area contributed by atoms with Gasteiger partial charge < -0.3 is 40.4 Å². The highest BCUT2D eigenvalue weighted by molar-refractivity contribution is 7.89. The van der Waals surface area contributed by atoms with Gasteiger partial charge in [0.15, 0.2) is 6.29 Å². The zero-order valence-corrected chi connectivity index (χ0v) is 25.3. The minimum Gasteiger partial charge on any atom is -0.530 e. The quantitative estimate of drug-likeness (QED) is 0.291. The second-order valence-corrected chi connectivity index (χ2v) is 13.8. The molecule has 12 heteroatoms. The molecule has 2 aromatic carbocycles. The smallest absolute Gasteiger partial charge is 0.243 e. The maximum Gasteiger partial charge on any atom is 0.243 e. The predicted octanol–water partition coefficient (Wildman–Crippen LogP) is 1.47. The molecule has 2 aliphatic rings. The van der Waals surface area contributed by atoms with Crippen LogP contribution in [0.5, 0.6) is 0 Å². The Balaban J connectivity index is 1.72. The molecular formula is C30H43N4O7S-. The lowest BCUT2D eigenvalue weighted by Gasteiger charge is -2.43. The highest BCUT2D eigenvalue weighted by atomic mass is 32.2. The van der Waals surface area contributed by atoms with E-state index in [1.807, 2.05) is 44.2 Å². The van der Waals surface area contributed by atoms with Gasteiger partial charge in [0.05, 0.1) is 36.3 Å². The van der Waals surface area contributed by atoms with E-state index in [-0.39, 0.29) is 36.9 Å². The summed E-state index contributed by atoms with van der Waals surface area (Å²) >= 11 is 0. The van der Waals surface area contributed by atoms with Crippen molar-refractivity contribution in [1.29, 1.82) is 0 Å². The SMILES string of the molecule is CNc1cccc(S(=O)(=O)N(C[C@@H](O)[C@H](Cc2ccccc2)N(C(=O)[O-])[C@H]2CO[C@H]3OCC[C@H]32)CC(C)(C)CCN)c1. The van der Waals surface area contributed by atoms with Crippen molar-refractivity contribution in [3.8, 4) is 0 Å². The molecule has 2 heterocycles. The third-order valence-electron chi connectivity index (χ3n) is 8.24. The first kappa shape index (κ1) is 32.2. The zero-order chi connectivity index (χ0) is 30.5. The van der Waals surface area contributed by atoms with Crippen LogP contribution in [0, 0.1) is 11.3 Å². The van der Waals surface area contributed by atoms with Crippen LogP contribution >= 0.6 is 0 Å². The van der Waals surface area contributed by atoms with E-state index in [1.165, 1.54) is 16.4 Å². The Hall–Kier alpha value is -2.74. The molecule has 1 amide bonds. The lowest BCUT2D eigenvalue weighted by atomic mass is 9.89. The van der Waals surface area contributed by atoms with E-state index in [0.717, 1.165) is 10.5 Å². The fourth-order valence-electron chi connectivity index (χ4n) is 6.01.